The number of benzene rings is 3. The zero-order valence-corrected chi connectivity index (χ0v) is 29.0. The van der Waals surface area contributed by atoms with Gasteiger partial charge in [0.2, 0.25) is 0 Å². The second-order valence-electron chi connectivity index (χ2n) is 13.8. The van der Waals surface area contributed by atoms with Gasteiger partial charge in [-0.3, -0.25) is 9.89 Å². The van der Waals surface area contributed by atoms with E-state index in [4.69, 9.17) is 32.9 Å². The Hall–Kier alpha value is -3.06. The molecule has 0 radical (unpaired) electrons. The smallest absolute Gasteiger partial charge is 0.326 e. The highest BCUT2D eigenvalue weighted by Crippen LogP contribution is 2.46. The minimum atomic E-state index is -0.377. The fourth-order valence-electron chi connectivity index (χ4n) is 7.16. The molecule has 0 aliphatic carbocycles. The van der Waals surface area contributed by atoms with Gasteiger partial charge in [0.15, 0.2) is 0 Å². The van der Waals surface area contributed by atoms with E-state index in [2.05, 4.69) is 43.9 Å². The van der Waals surface area contributed by atoms with Crippen LogP contribution in [-0.2, 0) is 5.41 Å². The van der Waals surface area contributed by atoms with Crippen LogP contribution in [0.2, 0.25) is 10.0 Å². The van der Waals surface area contributed by atoms with Crippen LogP contribution in [0.25, 0.3) is 0 Å². The lowest BCUT2D eigenvalue weighted by Crippen LogP contribution is -2.52. The molecule has 2 saturated heterocycles. The summed E-state index contributed by atoms with van der Waals surface area (Å²) in [5.41, 5.74) is 3.89. The first kappa shape index (κ1) is 32.9. The Morgan fingerprint density at radius 2 is 1.46 bits per heavy atom. The molecule has 0 N–H and O–H groups in total. The van der Waals surface area contributed by atoms with Crippen molar-refractivity contribution in [3.63, 3.8) is 0 Å². The Labute approximate surface area is 284 Å². The van der Waals surface area contributed by atoms with Crippen molar-refractivity contribution in [1.29, 1.82) is 0 Å². The van der Waals surface area contributed by atoms with Crippen molar-refractivity contribution in [2.24, 2.45) is 4.99 Å². The molecule has 0 spiro atoms. The Kier molecular flexibility index (Phi) is 9.98. The molecular formula is C38H46Cl2N4O2. The number of carbonyl (C=O) groups is 1. The van der Waals surface area contributed by atoms with Gasteiger partial charge in [-0.05, 0) is 104 Å². The van der Waals surface area contributed by atoms with Crippen LogP contribution in [-0.4, -0.2) is 65.4 Å². The number of ether oxygens (including phenoxy) is 1. The maximum absolute atomic E-state index is 14.9. The monoisotopic (exact) mass is 660 g/mol. The van der Waals surface area contributed by atoms with Gasteiger partial charge in [-0.1, -0.05) is 80.7 Å². The number of urea groups is 1. The summed E-state index contributed by atoms with van der Waals surface area (Å²) in [6.07, 6.45) is 5.85. The first-order valence-corrected chi connectivity index (χ1v) is 17.6. The summed E-state index contributed by atoms with van der Waals surface area (Å²) in [6, 6.07) is 21.8. The number of carbonyl (C=O) groups excluding carboxylic acids is 1. The second-order valence-corrected chi connectivity index (χ2v) is 14.7. The van der Waals surface area contributed by atoms with Gasteiger partial charge in [0.05, 0.1) is 18.2 Å². The number of hydrogen-bond acceptors (Lipinski definition) is 4. The largest absolute Gasteiger partial charge is 0.493 e. The SMILES string of the molecule is CCOc1cc(C(C)(C)C)ccc1C1=N[C@@H](c2ccc(Cl)cc2)[C@@H](c2ccc(Cl)cc2)N1C(=O)N1CCC(N2CCCCC2)CC1. The average molecular weight is 662 g/mol. The molecule has 46 heavy (non-hydrogen) atoms. The van der Waals surface area contributed by atoms with Crippen LogP contribution < -0.4 is 4.74 Å². The van der Waals surface area contributed by atoms with E-state index in [1.165, 1.54) is 37.9 Å². The standard InChI is InChI=1S/C38H46Cl2N4O2/c1-5-46-33-25-28(38(2,3)4)13-18-32(33)36-41-34(26-9-14-29(39)15-10-26)35(27-11-16-30(40)17-12-27)44(36)37(45)43-23-19-31(20-24-43)42-21-7-6-8-22-42/h9-18,25,31,34-35H,5-8,19-24H2,1-4H3/t34-,35+/m0/s1. The summed E-state index contributed by atoms with van der Waals surface area (Å²) >= 11 is 12.7. The first-order chi connectivity index (χ1) is 22.1. The van der Waals surface area contributed by atoms with Crippen LogP contribution >= 0.6 is 23.2 Å². The van der Waals surface area contributed by atoms with Crippen LogP contribution in [0.1, 0.15) is 94.1 Å². The van der Waals surface area contributed by atoms with E-state index in [1.54, 1.807) is 0 Å². The summed E-state index contributed by atoms with van der Waals surface area (Å²) in [7, 11) is 0. The number of rotatable bonds is 6. The molecule has 3 aromatic carbocycles. The van der Waals surface area contributed by atoms with Gasteiger partial charge in [0, 0.05) is 29.2 Å². The van der Waals surface area contributed by atoms with Crippen molar-refractivity contribution < 1.29 is 9.53 Å². The van der Waals surface area contributed by atoms with E-state index in [9.17, 15) is 4.79 Å². The third-order valence-corrected chi connectivity index (χ3v) is 10.2. The number of likely N-dealkylation sites (tertiary alicyclic amines) is 2. The Bertz CT molecular complexity index is 1540. The molecule has 2 atom stereocenters. The summed E-state index contributed by atoms with van der Waals surface area (Å²) in [5, 5.41) is 1.31. The summed E-state index contributed by atoms with van der Waals surface area (Å²) in [6.45, 7) is 12.9. The van der Waals surface area contributed by atoms with Gasteiger partial charge in [-0.2, -0.15) is 0 Å². The lowest BCUT2D eigenvalue weighted by Gasteiger charge is -2.42. The fourth-order valence-corrected chi connectivity index (χ4v) is 7.41. The molecule has 8 heteroatoms. The second kappa shape index (κ2) is 14.0. The highest BCUT2D eigenvalue weighted by Gasteiger charge is 2.45. The fraction of sp³-hybridized carbons (Fsp3) is 0.474. The van der Waals surface area contributed by atoms with Crippen LogP contribution in [0.4, 0.5) is 4.79 Å². The van der Waals surface area contributed by atoms with Crippen molar-refractivity contribution in [1.82, 2.24) is 14.7 Å². The van der Waals surface area contributed by atoms with E-state index in [-0.39, 0.29) is 23.5 Å². The predicted molar refractivity (Wildman–Crippen MR) is 188 cm³/mol. The van der Waals surface area contributed by atoms with Crippen molar-refractivity contribution in [3.8, 4) is 5.75 Å². The normalized spacial score (nSPS) is 21.4. The molecule has 0 aromatic heterocycles. The third kappa shape index (κ3) is 6.95. The molecule has 6 rings (SSSR count). The number of nitrogens with zero attached hydrogens (tertiary/aromatic N) is 4. The van der Waals surface area contributed by atoms with Crippen LogP contribution in [0.3, 0.4) is 0 Å². The lowest BCUT2D eigenvalue weighted by atomic mass is 9.86. The molecule has 3 heterocycles. The van der Waals surface area contributed by atoms with E-state index >= 15 is 0 Å². The van der Waals surface area contributed by atoms with Crippen molar-refractivity contribution in [2.45, 2.75) is 83.3 Å². The zero-order valence-electron chi connectivity index (χ0n) is 27.5. The number of halogens is 2. The molecule has 2 amide bonds. The minimum absolute atomic E-state index is 0.0189. The number of piperidine rings is 2. The van der Waals surface area contributed by atoms with Gasteiger partial charge >= 0.3 is 6.03 Å². The topological polar surface area (TPSA) is 48.4 Å². The van der Waals surface area contributed by atoms with E-state index in [1.807, 2.05) is 65.3 Å². The molecule has 0 bridgehead atoms. The summed E-state index contributed by atoms with van der Waals surface area (Å²) in [4.78, 5) is 26.9. The molecule has 3 aromatic rings. The maximum Gasteiger partial charge on any atom is 0.326 e. The molecule has 0 saturated carbocycles. The van der Waals surface area contributed by atoms with Gasteiger partial charge < -0.3 is 14.5 Å². The quantitative estimate of drug-likeness (QED) is 0.265. The predicted octanol–water partition coefficient (Wildman–Crippen LogP) is 9.30. The lowest BCUT2D eigenvalue weighted by molar-refractivity contribution is 0.0927. The van der Waals surface area contributed by atoms with Gasteiger partial charge in [-0.15, -0.1) is 0 Å². The number of amides is 2. The van der Waals surface area contributed by atoms with Crippen molar-refractivity contribution in [2.75, 3.05) is 32.8 Å². The molecular weight excluding hydrogens is 615 g/mol. The number of amidine groups is 1. The van der Waals surface area contributed by atoms with Crippen molar-refractivity contribution in [3.05, 3.63) is 99.0 Å². The zero-order chi connectivity index (χ0) is 32.4. The van der Waals surface area contributed by atoms with E-state index < -0.39 is 0 Å². The molecule has 2 fully saturated rings. The first-order valence-electron chi connectivity index (χ1n) is 16.8. The van der Waals surface area contributed by atoms with Gasteiger partial charge in [0.1, 0.15) is 17.6 Å². The Morgan fingerprint density at radius 3 is 2.04 bits per heavy atom. The van der Waals surface area contributed by atoms with Gasteiger partial charge in [0.25, 0.3) is 0 Å². The highest BCUT2D eigenvalue weighted by atomic mass is 35.5. The molecule has 3 aliphatic heterocycles. The Balaban J connectivity index is 1.43. The molecule has 0 unspecified atom stereocenters. The van der Waals surface area contributed by atoms with E-state index in [0.29, 0.717) is 28.5 Å². The molecule has 244 valence electrons. The summed E-state index contributed by atoms with van der Waals surface area (Å²) in [5.74, 6) is 1.37. The minimum Gasteiger partial charge on any atom is -0.493 e. The van der Waals surface area contributed by atoms with Crippen LogP contribution in [0.15, 0.2) is 71.7 Å². The number of aliphatic imine (C=N–C) groups is 1. The van der Waals surface area contributed by atoms with Crippen LogP contribution in [0.5, 0.6) is 5.75 Å². The molecule has 6 nitrogen and oxygen atoms in total. The van der Waals surface area contributed by atoms with Gasteiger partial charge in [-0.25, -0.2) is 4.79 Å². The average Bonchev–Trinajstić information content (AvgIpc) is 3.45. The summed E-state index contributed by atoms with van der Waals surface area (Å²) < 4.78 is 6.28. The van der Waals surface area contributed by atoms with E-state index in [0.717, 1.165) is 48.4 Å². The third-order valence-electron chi connectivity index (χ3n) is 9.73. The highest BCUT2D eigenvalue weighted by molar-refractivity contribution is 6.30. The molecule has 3 aliphatic rings. The Morgan fingerprint density at radius 1 is 0.848 bits per heavy atom. The van der Waals surface area contributed by atoms with Crippen LogP contribution in [0, 0.1) is 0 Å². The van der Waals surface area contributed by atoms with Crippen molar-refractivity contribution >= 4 is 35.1 Å². The maximum atomic E-state index is 14.9. The number of hydrogen-bond donors (Lipinski definition) is 0.